The Morgan fingerprint density at radius 3 is 2.52 bits per heavy atom. The van der Waals surface area contributed by atoms with Crippen molar-refractivity contribution >= 4 is 21.6 Å². The highest BCUT2D eigenvalue weighted by molar-refractivity contribution is 9.10. The van der Waals surface area contributed by atoms with Crippen LogP contribution < -0.4 is 5.32 Å². The molecule has 1 aliphatic rings. The van der Waals surface area contributed by atoms with Crippen molar-refractivity contribution in [2.45, 2.75) is 38.4 Å². The van der Waals surface area contributed by atoms with Crippen LogP contribution in [0.5, 0.6) is 0 Å². The average Bonchev–Trinajstić information content (AvgIpc) is 2.41. The van der Waals surface area contributed by atoms with Crippen LogP contribution in [-0.2, 0) is 6.42 Å². The molecule has 2 nitrogen and oxygen atoms in total. The Labute approximate surface area is 131 Å². The number of likely N-dealkylation sites (tertiary alicyclic amines) is 1. The van der Waals surface area contributed by atoms with E-state index in [4.69, 9.17) is 0 Å². The maximum Gasteiger partial charge on any atom is 0.401 e. The lowest BCUT2D eigenvalue weighted by atomic mass is 10.0. The molecule has 2 rings (SSSR count). The molecule has 1 N–H and O–H groups in total. The van der Waals surface area contributed by atoms with Gasteiger partial charge in [0.1, 0.15) is 0 Å². The Morgan fingerprint density at radius 1 is 1.29 bits per heavy atom. The summed E-state index contributed by atoms with van der Waals surface area (Å²) in [4.78, 5) is 1.49. The minimum Gasteiger partial charge on any atom is -0.382 e. The Hall–Kier alpha value is -0.750. The van der Waals surface area contributed by atoms with Crippen LogP contribution >= 0.6 is 15.9 Å². The number of hydrogen-bond donors (Lipinski definition) is 1. The quantitative estimate of drug-likeness (QED) is 0.848. The standard InChI is InChI=1S/C15H20BrF3N2/c1-2-11-9-12(16)3-4-14(11)20-13-5-7-21(8-6-13)10-15(17,18)19/h3-4,9,13,20H,2,5-8,10H2,1H3. The largest absolute Gasteiger partial charge is 0.401 e. The van der Waals surface area contributed by atoms with Crippen molar-refractivity contribution in [2.75, 3.05) is 25.0 Å². The van der Waals surface area contributed by atoms with Gasteiger partial charge >= 0.3 is 6.18 Å². The highest BCUT2D eigenvalue weighted by Gasteiger charge is 2.32. The van der Waals surface area contributed by atoms with Gasteiger partial charge in [-0.3, -0.25) is 4.90 Å². The fourth-order valence-electron chi connectivity index (χ4n) is 2.70. The summed E-state index contributed by atoms with van der Waals surface area (Å²) in [5.41, 5.74) is 2.32. The third kappa shape index (κ3) is 5.18. The first kappa shape index (κ1) is 16.6. The summed E-state index contributed by atoms with van der Waals surface area (Å²) < 4.78 is 38.1. The molecule has 1 saturated heterocycles. The number of piperidine rings is 1. The molecule has 0 radical (unpaired) electrons. The van der Waals surface area contributed by atoms with Crippen molar-refractivity contribution in [3.63, 3.8) is 0 Å². The van der Waals surface area contributed by atoms with E-state index in [2.05, 4.69) is 34.2 Å². The van der Waals surface area contributed by atoms with E-state index in [1.165, 1.54) is 10.5 Å². The van der Waals surface area contributed by atoms with Gasteiger partial charge < -0.3 is 5.32 Å². The van der Waals surface area contributed by atoms with E-state index < -0.39 is 12.7 Å². The molecule has 6 heteroatoms. The number of hydrogen-bond acceptors (Lipinski definition) is 2. The molecule has 0 spiro atoms. The zero-order valence-corrected chi connectivity index (χ0v) is 13.6. The van der Waals surface area contributed by atoms with Crippen LogP contribution in [0.15, 0.2) is 22.7 Å². The van der Waals surface area contributed by atoms with Crippen molar-refractivity contribution in [2.24, 2.45) is 0 Å². The SMILES string of the molecule is CCc1cc(Br)ccc1NC1CCN(CC(F)(F)F)CC1. The first-order valence-electron chi connectivity index (χ1n) is 7.21. The van der Waals surface area contributed by atoms with E-state index in [0.717, 1.165) is 29.4 Å². The van der Waals surface area contributed by atoms with Crippen LogP contribution in [0.4, 0.5) is 18.9 Å². The predicted octanol–water partition coefficient (Wildman–Crippen LogP) is 4.45. The second-order valence-electron chi connectivity index (χ2n) is 5.46. The molecule has 21 heavy (non-hydrogen) atoms. The number of aryl methyl sites for hydroxylation is 1. The molecule has 0 amide bonds. The van der Waals surface area contributed by atoms with Gasteiger partial charge in [0.15, 0.2) is 0 Å². The molecule has 0 unspecified atom stereocenters. The molecule has 0 bridgehead atoms. The van der Waals surface area contributed by atoms with Crippen LogP contribution in [0.25, 0.3) is 0 Å². The number of benzene rings is 1. The molecule has 1 aromatic rings. The van der Waals surface area contributed by atoms with Crippen molar-refractivity contribution in [3.8, 4) is 0 Å². The van der Waals surface area contributed by atoms with Gasteiger partial charge in [-0.1, -0.05) is 22.9 Å². The molecular weight excluding hydrogens is 345 g/mol. The summed E-state index contributed by atoms with van der Waals surface area (Å²) in [5.74, 6) is 0. The van der Waals surface area contributed by atoms with Gasteiger partial charge in [0.05, 0.1) is 6.54 Å². The molecule has 0 saturated carbocycles. The van der Waals surface area contributed by atoms with Crippen molar-refractivity contribution in [3.05, 3.63) is 28.2 Å². The van der Waals surface area contributed by atoms with Gasteiger partial charge in [-0.25, -0.2) is 0 Å². The molecule has 0 atom stereocenters. The highest BCUT2D eigenvalue weighted by Crippen LogP contribution is 2.25. The van der Waals surface area contributed by atoms with Crippen LogP contribution in [0.2, 0.25) is 0 Å². The number of anilines is 1. The van der Waals surface area contributed by atoms with Gasteiger partial charge in [-0.05, 0) is 43.0 Å². The number of halogens is 4. The lowest BCUT2D eigenvalue weighted by Gasteiger charge is -2.33. The average molecular weight is 365 g/mol. The molecule has 0 aromatic heterocycles. The smallest absolute Gasteiger partial charge is 0.382 e. The first-order valence-corrected chi connectivity index (χ1v) is 8.01. The zero-order chi connectivity index (χ0) is 15.5. The summed E-state index contributed by atoms with van der Waals surface area (Å²) in [7, 11) is 0. The second-order valence-corrected chi connectivity index (χ2v) is 6.38. The topological polar surface area (TPSA) is 15.3 Å². The second kappa shape index (κ2) is 7.01. The van der Waals surface area contributed by atoms with E-state index in [9.17, 15) is 13.2 Å². The third-order valence-electron chi connectivity index (χ3n) is 3.80. The molecule has 118 valence electrons. The van der Waals surface area contributed by atoms with Gasteiger partial charge in [-0.15, -0.1) is 0 Å². The minimum atomic E-state index is -4.10. The Morgan fingerprint density at radius 2 is 1.95 bits per heavy atom. The van der Waals surface area contributed by atoms with Gasteiger partial charge in [0, 0.05) is 29.3 Å². The molecule has 1 heterocycles. The van der Waals surface area contributed by atoms with Gasteiger partial charge in [0.2, 0.25) is 0 Å². The first-order chi connectivity index (χ1) is 9.87. The van der Waals surface area contributed by atoms with Gasteiger partial charge in [0.25, 0.3) is 0 Å². The number of nitrogens with zero attached hydrogens (tertiary/aromatic N) is 1. The minimum absolute atomic E-state index is 0.251. The van der Waals surface area contributed by atoms with E-state index in [1.54, 1.807) is 0 Å². The maximum atomic E-state index is 12.4. The van der Waals surface area contributed by atoms with Crippen LogP contribution in [0.1, 0.15) is 25.3 Å². The Balaban J connectivity index is 1.89. The fraction of sp³-hybridized carbons (Fsp3) is 0.600. The summed E-state index contributed by atoms with van der Waals surface area (Å²) in [6, 6.07) is 6.35. The molecule has 1 fully saturated rings. The van der Waals surface area contributed by atoms with Crippen molar-refractivity contribution in [1.82, 2.24) is 4.90 Å². The highest BCUT2D eigenvalue weighted by atomic mass is 79.9. The monoisotopic (exact) mass is 364 g/mol. The number of alkyl halides is 3. The normalized spacial score (nSPS) is 18.0. The Kier molecular flexibility index (Phi) is 5.54. The summed E-state index contributed by atoms with van der Waals surface area (Å²) in [6.45, 7) is 2.29. The van der Waals surface area contributed by atoms with Crippen LogP contribution in [-0.4, -0.2) is 36.8 Å². The summed E-state index contributed by atoms with van der Waals surface area (Å²) in [5, 5.41) is 3.48. The molecule has 0 aliphatic carbocycles. The van der Waals surface area contributed by atoms with E-state index in [1.807, 2.05) is 12.1 Å². The van der Waals surface area contributed by atoms with Crippen LogP contribution in [0.3, 0.4) is 0 Å². The van der Waals surface area contributed by atoms with Crippen molar-refractivity contribution in [1.29, 1.82) is 0 Å². The zero-order valence-electron chi connectivity index (χ0n) is 12.0. The molecule has 1 aliphatic heterocycles. The molecular formula is C15H20BrF3N2. The Bertz CT molecular complexity index is 468. The van der Waals surface area contributed by atoms with Crippen molar-refractivity contribution < 1.29 is 13.2 Å². The lowest BCUT2D eigenvalue weighted by Crippen LogP contribution is -2.43. The third-order valence-corrected chi connectivity index (χ3v) is 4.29. The van der Waals surface area contributed by atoms with Crippen LogP contribution in [0, 0.1) is 0 Å². The summed E-state index contributed by atoms with van der Waals surface area (Å²) >= 11 is 3.46. The summed E-state index contributed by atoms with van der Waals surface area (Å²) in [6.07, 6.45) is -1.68. The van der Waals surface area contributed by atoms with E-state index in [0.29, 0.717) is 13.1 Å². The number of nitrogens with one attached hydrogen (secondary N) is 1. The predicted molar refractivity (Wildman–Crippen MR) is 82.7 cm³/mol. The van der Waals surface area contributed by atoms with E-state index >= 15 is 0 Å². The molecule has 1 aromatic carbocycles. The fourth-order valence-corrected chi connectivity index (χ4v) is 3.11. The lowest BCUT2D eigenvalue weighted by molar-refractivity contribution is -0.147. The maximum absolute atomic E-state index is 12.4. The van der Waals surface area contributed by atoms with E-state index in [-0.39, 0.29) is 6.04 Å². The number of rotatable bonds is 4. The van der Waals surface area contributed by atoms with Gasteiger partial charge in [-0.2, -0.15) is 13.2 Å².